The van der Waals surface area contributed by atoms with Crippen LogP contribution in [0, 0.1) is 0 Å². The minimum Gasteiger partial charge on any atom is -0.493 e. The highest BCUT2D eigenvalue weighted by Crippen LogP contribution is 2.36. The highest BCUT2D eigenvalue weighted by atomic mass is 35.5. The normalized spacial score (nSPS) is 10.8. The number of hydrogen-bond donors (Lipinski definition) is 1. The van der Waals surface area contributed by atoms with Crippen molar-refractivity contribution in [2.24, 2.45) is 5.16 Å². The Morgan fingerprint density at radius 1 is 1.24 bits per heavy atom. The van der Waals surface area contributed by atoms with Crippen molar-refractivity contribution in [3.8, 4) is 11.5 Å². The standard InChI is InChI=1S/C16H16ClNO3/c1-20-15-10-13(11-18-19)9-14(17)16(15)21-8-7-12-5-3-2-4-6-12/h2-6,9-11,19H,7-8H2,1H3. The summed E-state index contributed by atoms with van der Waals surface area (Å²) in [5.74, 6) is 0.996. The molecule has 0 aromatic heterocycles. The van der Waals surface area contributed by atoms with Gasteiger partial charge in [-0.25, -0.2) is 0 Å². The summed E-state index contributed by atoms with van der Waals surface area (Å²) in [6.07, 6.45) is 2.06. The summed E-state index contributed by atoms with van der Waals surface area (Å²) in [7, 11) is 1.54. The number of hydrogen-bond acceptors (Lipinski definition) is 4. The van der Waals surface area contributed by atoms with E-state index in [4.69, 9.17) is 26.3 Å². The van der Waals surface area contributed by atoms with Crippen molar-refractivity contribution in [1.82, 2.24) is 0 Å². The highest BCUT2D eigenvalue weighted by Gasteiger charge is 2.11. The molecule has 0 spiro atoms. The first kappa shape index (κ1) is 15.2. The van der Waals surface area contributed by atoms with Crippen molar-refractivity contribution in [2.75, 3.05) is 13.7 Å². The molecule has 2 aromatic carbocycles. The van der Waals surface area contributed by atoms with Crippen LogP contribution >= 0.6 is 11.6 Å². The van der Waals surface area contributed by atoms with Gasteiger partial charge in [0.25, 0.3) is 0 Å². The second-order valence-corrected chi connectivity index (χ2v) is 4.77. The molecule has 4 nitrogen and oxygen atoms in total. The van der Waals surface area contributed by atoms with Crippen LogP contribution < -0.4 is 9.47 Å². The molecule has 0 radical (unpaired) electrons. The molecule has 110 valence electrons. The van der Waals surface area contributed by atoms with Gasteiger partial charge in [0.2, 0.25) is 0 Å². The van der Waals surface area contributed by atoms with Crippen molar-refractivity contribution in [2.45, 2.75) is 6.42 Å². The first-order chi connectivity index (χ1) is 10.2. The van der Waals surface area contributed by atoms with Gasteiger partial charge < -0.3 is 14.7 Å². The maximum Gasteiger partial charge on any atom is 0.179 e. The molecule has 0 bridgehead atoms. The third kappa shape index (κ3) is 4.13. The molecule has 0 atom stereocenters. The van der Waals surface area contributed by atoms with Crippen molar-refractivity contribution >= 4 is 17.8 Å². The van der Waals surface area contributed by atoms with Crippen LogP contribution in [0.2, 0.25) is 5.02 Å². The van der Waals surface area contributed by atoms with E-state index in [-0.39, 0.29) is 0 Å². The monoisotopic (exact) mass is 305 g/mol. The fraction of sp³-hybridized carbons (Fsp3) is 0.188. The van der Waals surface area contributed by atoms with Gasteiger partial charge in [0.1, 0.15) is 0 Å². The summed E-state index contributed by atoms with van der Waals surface area (Å²) < 4.78 is 11.0. The Labute approximate surface area is 128 Å². The van der Waals surface area contributed by atoms with E-state index in [1.54, 1.807) is 12.1 Å². The number of ether oxygens (including phenoxy) is 2. The zero-order valence-electron chi connectivity index (χ0n) is 11.6. The van der Waals surface area contributed by atoms with E-state index < -0.39 is 0 Å². The lowest BCUT2D eigenvalue weighted by Gasteiger charge is -2.13. The third-order valence-corrected chi connectivity index (χ3v) is 3.22. The van der Waals surface area contributed by atoms with Crippen LogP contribution in [0.5, 0.6) is 11.5 Å². The maximum atomic E-state index is 8.57. The predicted octanol–water partition coefficient (Wildman–Crippen LogP) is 3.78. The molecule has 0 heterocycles. The lowest BCUT2D eigenvalue weighted by atomic mass is 10.2. The van der Waals surface area contributed by atoms with Gasteiger partial charge >= 0.3 is 0 Å². The van der Waals surface area contributed by atoms with E-state index in [0.29, 0.717) is 28.7 Å². The first-order valence-corrected chi connectivity index (χ1v) is 6.84. The van der Waals surface area contributed by atoms with Gasteiger partial charge in [0.05, 0.1) is 25.0 Å². The number of benzene rings is 2. The van der Waals surface area contributed by atoms with E-state index in [0.717, 1.165) is 6.42 Å². The molecule has 21 heavy (non-hydrogen) atoms. The van der Waals surface area contributed by atoms with Gasteiger partial charge in [-0.3, -0.25) is 0 Å². The number of halogens is 1. The summed E-state index contributed by atoms with van der Waals surface area (Å²) in [6, 6.07) is 13.4. The molecule has 1 N–H and O–H groups in total. The highest BCUT2D eigenvalue weighted by molar-refractivity contribution is 6.32. The largest absolute Gasteiger partial charge is 0.493 e. The van der Waals surface area contributed by atoms with E-state index in [1.165, 1.54) is 18.9 Å². The second kappa shape index (κ2) is 7.55. The summed E-state index contributed by atoms with van der Waals surface area (Å²) in [4.78, 5) is 0. The molecule has 2 rings (SSSR count). The number of rotatable bonds is 6. The van der Waals surface area contributed by atoms with E-state index >= 15 is 0 Å². The van der Waals surface area contributed by atoms with E-state index in [2.05, 4.69) is 5.16 Å². The molecule has 5 heteroatoms. The first-order valence-electron chi connectivity index (χ1n) is 6.46. The Morgan fingerprint density at radius 2 is 2.00 bits per heavy atom. The summed E-state index contributed by atoms with van der Waals surface area (Å²) in [5, 5.41) is 12.0. The molecular weight excluding hydrogens is 290 g/mol. The van der Waals surface area contributed by atoms with Crippen LogP contribution in [0.25, 0.3) is 0 Å². The zero-order valence-corrected chi connectivity index (χ0v) is 12.4. The summed E-state index contributed by atoms with van der Waals surface area (Å²) >= 11 is 6.18. The van der Waals surface area contributed by atoms with Crippen LogP contribution in [0.1, 0.15) is 11.1 Å². The van der Waals surface area contributed by atoms with Crippen molar-refractivity contribution < 1.29 is 14.7 Å². The van der Waals surface area contributed by atoms with Crippen LogP contribution in [0.4, 0.5) is 0 Å². The average molecular weight is 306 g/mol. The third-order valence-electron chi connectivity index (χ3n) is 2.94. The van der Waals surface area contributed by atoms with Gasteiger partial charge in [-0.15, -0.1) is 0 Å². The molecule has 0 saturated carbocycles. The summed E-state index contributed by atoms with van der Waals surface area (Å²) in [6.45, 7) is 0.494. The Balaban J connectivity index is 2.08. The lowest BCUT2D eigenvalue weighted by Crippen LogP contribution is -2.03. The molecule has 0 aliphatic rings. The summed E-state index contributed by atoms with van der Waals surface area (Å²) in [5.41, 5.74) is 1.83. The van der Waals surface area contributed by atoms with E-state index in [1.807, 2.05) is 30.3 Å². The average Bonchev–Trinajstić information content (AvgIpc) is 2.50. The van der Waals surface area contributed by atoms with Crippen molar-refractivity contribution in [1.29, 1.82) is 0 Å². The second-order valence-electron chi connectivity index (χ2n) is 4.36. The van der Waals surface area contributed by atoms with Gasteiger partial charge in [-0.1, -0.05) is 47.1 Å². The molecule has 0 fully saturated rings. The Kier molecular flexibility index (Phi) is 5.46. The maximum absolute atomic E-state index is 8.57. The van der Waals surface area contributed by atoms with Crippen LogP contribution in [0.15, 0.2) is 47.6 Å². The zero-order chi connectivity index (χ0) is 15.1. The molecule has 0 amide bonds. The molecule has 0 aliphatic heterocycles. The molecular formula is C16H16ClNO3. The minimum absolute atomic E-state index is 0.414. The predicted molar refractivity (Wildman–Crippen MR) is 83.0 cm³/mol. The molecule has 2 aromatic rings. The molecule has 0 saturated heterocycles. The van der Waals surface area contributed by atoms with Crippen LogP contribution in [0.3, 0.4) is 0 Å². The Morgan fingerprint density at radius 3 is 2.67 bits per heavy atom. The van der Waals surface area contributed by atoms with Gasteiger partial charge in [-0.05, 0) is 17.7 Å². The van der Waals surface area contributed by atoms with Crippen LogP contribution in [-0.4, -0.2) is 25.1 Å². The molecule has 0 unspecified atom stereocenters. The van der Waals surface area contributed by atoms with Crippen molar-refractivity contribution in [3.63, 3.8) is 0 Å². The number of nitrogens with zero attached hydrogens (tertiary/aromatic N) is 1. The Hall–Kier alpha value is -2.20. The number of methoxy groups -OCH3 is 1. The van der Waals surface area contributed by atoms with Gasteiger partial charge in [0.15, 0.2) is 11.5 Å². The lowest BCUT2D eigenvalue weighted by molar-refractivity contribution is 0.298. The smallest absolute Gasteiger partial charge is 0.179 e. The quantitative estimate of drug-likeness (QED) is 0.502. The fourth-order valence-corrected chi connectivity index (χ4v) is 2.21. The SMILES string of the molecule is COc1cc(C=NO)cc(Cl)c1OCCc1ccccc1. The van der Waals surface area contributed by atoms with Crippen LogP contribution in [-0.2, 0) is 6.42 Å². The minimum atomic E-state index is 0.414. The van der Waals surface area contributed by atoms with Crippen molar-refractivity contribution in [3.05, 3.63) is 58.6 Å². The molecule has 0 aliphatic carbocycles. The topological polar surface area (TPSA) is 51.0 Å². The fourth-order valence-electron chi connectivity index (χ4n) is 1.94. The number of oxime groups is 1. The van der Waals surface area contributed by atoms with Gasteiger partial charge in [-0.2, -0.15) is 0 Å². The van der Waals surface area contributed by atoms with Gasteiger partial charge in [0, 0.05) is 12.0 Å². The van der Waals surface area contributed by atoms with E-state index in [9.17, 15) is 0 Å². The Bertz CT molecular complexity index is 614.